The summed E-state index contributed by atoms with van der Waals surface area (Å²) in [6.07, 6.45) is 1.50. The Bertz CT molecular complexity index is 1010. The topological polar surface area (TPSA) is 62.3 Å². The molecule has 0 unspecified atom stereocenters. The van der Waals surface area contributed by atoms with Crippen molar-refractivity contribution in [1.29, 1.82) is 0 Å². The number of pyridine rings is 1. The van der Waals surface area contributed by atoms with Crippen LogP contribution in [0.5, 0.6) is 0 Å². The van der Waals surface area contributed by atoms with Gasteiger partial charge < -0.3 is 10.2 Å². The predicted molar refractivity (Wildman–Crippen MR) is 115 cm³/mol. The van der Waals surface area contributed by atoms with Crippen molar-refractivity contribution in [1.82, 2.24) is 10.3 Å². The molecule has 29 heavy (non-hydrogen) atoms. The number of hydrogen-bond acceptors (Lipinski definition) is 3. The monoisotopic (exact) mass is 387 g/mol. The third-order valence-corrected chi connectivity index (χ3v) is 4.69. The molecule has 0 aliphatic carbocycles. The lowest BCUT2D eigenvalue weighted by atomic mass is 10.1. The van der Waals surface area contributed by atoms with Gasteiger partial charge in [-0.15, -0.1) is 0 Å². The summed E-state index contributed by atoms with van der Waals surface area (Å²) in [7, 11) is 0. The van der Waals surface area contributed by atoms with Crippen LogP contribution >= 0.6 is 0 Å². The van der Waals surface area contributed by atoms with Crippen molar-refractivity contribution in [3.05, 3.63) is 94.8 Å². The lowest BCUT2D eigenvalue weighted by Gasteiger charge is -2.21. The largest absolute Gasteiger partial charge is 0.347 e. The molecule has 2 aromatic carbocycles. The summed E-state index contributed by atoms with van der Waals surface area (Å²) in [5.74, 6) is -0.466. The molecule has 0 saturated heterocycles. The molecule has 1 aromatic heterocycles. The Morgan fingerprint density at radius 1 is 0.966 bits per heavy atom. The first kappa shape index (κ1) is 20.3. The van der Waals surface area contributed by atoms with Crippen molar-refractivity contribution in [2.45, 2.75) is 27.3 Å². The Kier molecular flexibility index (Phi) is 6.39. The second-order valence-electron chi connectivity index (χ2n) is 6.99. The fourth-order valence-electron chi connectivity index (χ4n) is 3.06. The molecule has 2 amide bonds. The Balaban J connectivity index is 1.74. The van der Waals surface area contributed by atoms with Gasteiger partial charge in [0, 0.05) is 30.5 Å². The average Bonchev–Trinajstić information content (AvgIpc) is 2.74. The number of carbonyl (C=O) groups excluding carboxylic acids is 2. The van der Waals surface area contributed by atoms with Crippen LogP contribution in [0.2, 0.25) is 0 Å². The van der Waals surface area contributed by atoms with Crippen molar-refractivity contribution < 1.29 is 9.59 Å². The molecule has 0 saturated carbocycles. The van der Waals surface area contributed by atoms with Gasteiger partial charge in [-0.3, -0.25) is 14.6 Å². The lowest BCUT2D eigenvalue weighted by molar-refractivity contribution is 0.0946. The molecular formula is C24H25N3O2. The second-order valence-corrected chi connectivity index (χ2v) is 6.99. The van der Waals surface area contributed by atoms with E-state index in [4.69, 9.17) is 0 Å². The quantitative estimate of drug-likeness (QED) is 0.686. The molecule has 5 nitrogen and oxygen atoms in total. The maximum absolute atomic E-state index is 13.0. The van der Waals surface area contributed by atoms with Crippen molar-refractivity contribution in [2.24, 2.45) is 0 Å². The molecule has 148 valence electrons. The molecule has 3 rings (SSSR count). The predicted octanol–water partition coefficient (Wildman–Crippen LogP) is 4.30. The third kappa shape index (κ3) is 5.08. The van der Waals surface area contributed by atoms with Gasteiger partial charge in [-0.2, -0.15) is 0 Å². The van der Waals surface area contributed by atoms with Gasteiger partial charge in [-0.1, -0.05) is 42.0 Å². The maximum Gasteiger partial charge on any atom is 0.270 e. The molecule has 0 atom stereocenters. The molecule has 5 heteroatoms. The number of aromatic nitrogens is 1. The van der Waals surface area contributed by atoms with E-state index in [2.05, 4.69) is 10.3 Å². The van der Waals surface area contributed by atoms with Crippen molar-refractivity contribution >= 4 is 17.5 Å². The van der Waals surface area contributed by atoms with Crippen LogP contribution in [0.4, 0.5) is 5.69 Å². The summed E-state index contributed by atoms with van der Waals surface area (Å²) in [4.78, 5) is 31.4. The minimum Gasteiger partial charge on any atom is -0.347 e. The number of nitrogens with one attached hydrogen (secondary N) is 1. The van der Waals surface area contributed by atoms with E-state index in [9.17, 15) is 9.59 Å². The highest BCUT2D eigenvalue weighted by Crippen LogP contribution is 2.19. The molecule has 0 fully saturated rings. The van der Waals surface area contributed by atoms with Gasteiger partial charge in [0.05, 0.1) is 0 Å². The fraction of sp³-hybridized carbons (Fsp3) is 0.208. The highest BCUT2D eigenvalue weighted by Gasteiger charge is 2.18. The Morgan fingerprint density at radius 2 is 1.72 bits per heavy atom. The van der Waals surface area contributed by atoms with Gasteiger partial charge in [-0.25, -0.2) is 0 Å². The Morgan fingerprint density at radius 3 is 2.41 bits per heavy atom. The van der Waals surface area contributed by atoms with Gasteiger partial charge in [0.2, 0.25) is 0 Å². The van der Waals surface area contributed by atoms with Crippen molar-refractivity contribution in [3.8, 4) is 0 Å². The first-order valence-corrected chi connectivity index (χ1v) is 9.66. The number of nitrogens with zero attached hydrogens (tertiary/aromatic N) is 2. The van der Waals surface area contributed by atoms with Gasteiger partial charge in [-0.05, 0) is 56.2 Å². The van der Waals surface area contributed by atoms with Crippen LogP contribution < -0.4 is 10.2 Å². The normalized spacial score (nSPS) is 10.4. The zero-order valence-corrected chi connectivity index (χ0v) is 17.0. The average molecular weight is 387 g/mol. The van der Waals surface area contributed by atoms with Gasteiger partial charge in [0.15, 0.2) is 0 Å². The molecule has 1 N–H and O–H groups in total. The summed E-state index contributed by atoms with van der Waals surface area (Å²) in [5.41, 5.74) is 4.75. The molecule has 1 heterocycles. The number of rotatable bonds is 6. The van der Waals surface area contributed by atoms with Gasteiger partial charge >= 0.3 is 0 Å². The second kappa shape index (κ2) is 9.15. The van der Waals surface area contributed by atoms with Crippen LogP contribution in [0.1, 0.15) is 44.5 Å². The Labute approximate surface area is 171 Å². The van der Waals surface area contributed by atoms with Gasteiger partial charge in [0.1, 0.15) is 5.69 Å². The van der Waals surface area contributed by atoms with E-state index in [1.54, 1.807) is 17.0 Å². The van der Waals surface area contributed by atoms with E-state index in [0.717, 1.165) is 16.8 Å². The molecule has 0 radical (unpaired) electrons. The van der Waals surface area contributed by atoms with Crippen LogP contribution in [0.3, 0.4) is 0 Å². The highest BCUT2D eigenvalue weighted by atomic mass is 16.2. The molecule has 0 aliphatic heterocycles. The molecular weight excluding hydrogens is 362 g/mol. The molecule has 0 bridgehead atoms. The summed E-state index contributed by atoms with van der Waals surface area (Å²) in [6, 6.07) is 18.9. The lowest BCUT2D eigenvalue weighted by Crippen LogP contribution is -2.31. The Hall–Kier alpha value is -3.47. The third-order valence-electron chi connectivity index (χ3n) is 4.69. The van der Waals surface area contributed by atoms with E-state index >= 15 is 0 Å². The van der Waals surface area contributed by atoms with E-state index in [-0.39, 0.29) is 17.5 Å². The molecule has 0 aliphatic rings. The number of amides is 2. The SMILES string of the molecule is CCN(C(=O)c1ccnc(C(=O)NCc2ccc(C)cc2)c1)c1cccc(C)c1. The van der Waals surface area contributed by atoms with E-state index in [0.29, 0.717) is 18.7 Å². The van der Waals surface area contributed by atoms with Crippen molar-refractivity contribution in [3.63, 3.8) is 0 Å². The zero-order valence-electron chi connectivity index (χ0n) is 17.0. The first-order chi connectivity index (χ1) is 14.0. The van der Waals surface area contributed by atoms with Crippen LogP contribution in [0.15, 0.2) is 66.9 Å². The highest BCUT2D eigenvalue weighted by molar-refractivity contribution is 6.07. The molecule has 3 aromatic rings. The van der Waals surface area contributed by atoms with Crippen LogP contribution in [0.25, 0.3) is 0 Å². The maximum atomic E-state index is 13.0. The van der Waals surface area contributed by atoms with Gasteiger partial charge in [0.25, 0.3) is 11.8 Å². The first-order valence-electron chi connectivity index (χ1n) is 9.66. The smallest absolute Gasteiger partial charge is 0.270 e. The van der Waals surface area contributed by atoms with Crippen molar-refractivity contribution in [2.75, 3.05) is 11.4 Å². The zero-order chi connectivity index (χ0) is 20.8. The van der Waals surface area contributed by atoms with Crippen LogP contribution in [-0.2, 0) is 6.54 Å². The number of anilines is 1. The van der Waals surface area contributed by atoms with E-state index in [1.165, 1.54) is 11.8 Å². The minimum absolute atomic E-state index is 0.159. The van der Waals surface area contributed by atoms with Crippen LogP contribution in [-0.4, -0.2) is 23.3 Å². The van der Waals surface area contributed by atoms with E-state index < -0.39 is 0 Å². The summed E-state index contributed by atoms with van der Waals surface area (Å²) >= 11 is 0. The number of benzene rings is 2. The standard InChI is InChI=1S/C24H25N3O2/c1-4-27(21-7-5-6-18(3)14-21)24(29)20-12-13-25-22(15-20)23(28)26-16-19-10-8-17(2)9-11-19/h5-15H,4,16H2,1-3H3,(H,26,28). The number of hydrogen-bond donors (Lipinski definition) is 1. The van der Waals surface area contributed by atoms with E-state index in [1.807, 2.05) is 69.3 Å². The summed E-state index contributed by atoms with van der Waals surface area (Å²) in [5, 5.41) is 2.86. The summed E-state index contributed by atoms with van der Waals surface area (Å²) < 4.78 is 0. The van der Waals surface area contributed by atoms with Crippen LogP contribution in [0, 0.1) is 13.8 Å². The number of aryl methyl sites for hydroxylation is 2. The summed E-state index contributed by atoms with van der Waals surface area (Å²) in [6.45, 7) is 6.87. The minimum atomic E-state index is -0.307. The molecule has 0 spiro atoms. The number of carbonyl (C=O) groups is 2. The fourth-order valence-corrected chi connectivity index (χ4v) is 3.06.